The SMILES string of the molecule is C=C(C)C(=O)OCC(CCCCCCCC)OC. The van der Waals surface area contributed by atoms with Crippen molar-refractivity contribution in [2.75, 3.05) is 13.7 Å². The van der Waals surface area contributed by atoms with Crippen LogP contribution in [-0.4, -0.2) is 25.8 Å². The maximum Gasteiger partial charge on any atom is 0.333 e. The summed E-state index contributed by atoms with van der Waals surface area (Å²) < 4.78 is 10.4. The molecule has 3 nitrogen and oxygen atoms in total. The molecule has 0 heterocycles. The van der Waals surface area contributed by atoms with E-state index in [1.54, 1.807) is 14.0 Å². The fraction of sp³-hybridized carbons (Fsp3) is 0.800. The average molecular weight is 256 g/mol. The lowest BCUT2D eigenvalue weighted by Gasteiger charge is -2.15. The molecule has 0 radical (unpaired) electrons. The molecule has 106 valence electrons. The predicted octanol–water partition coefficient (Wildman–Crippen LogP) is 3.87. The Morgan fingerprint density at radius 1 is 1.17 bits per heavy atom. The van der Waals surface area contributed by atoms with Crippen LogP contribution in [0.2, 0.25) is 0 Å². The van der Waals surface area contributed by atoms with Gasteiger partial charge in [-0.15, -0.1) is 0 Å². The molecule has 3 heteroatoms. The molecule has 0 aliphatic carbocycles. The molecule has 0 spiro atoms. The van der Waals surface area contributed by atoms with Crippen LogP contribution >= 0.6 is 0 Å². The highest BCUT2D eigenvalue weighted by Gasteiger charge is 2.11. The summed E-state index contributed by atoms with van der Waals surface area (Å²) in [6.07, 6.45) is 8.53. The number of carbonyl (C=O) groups is 1. The van der Waals surface area contributed by atoms with Gasteiger partial charge in [0.15, 0.2) is 0 Å². The van der Waals surface area contributed by atoms with Crippen LogP contribution in [0.5, 0.6) is 0 Å². The van der Waals surface area contributed by atoms with Gasteiger partial charge in [0.05, 0.1) is 6.10 Å². The first-order chi connectivity index (χ1) is 8.61. The number of ether oxygens (including phenoxy) is 2. The molecule has 0 bridgehead atoms. The molecule has 0 fully saturated rings. The van der Waals surface area contributed by atoms with Crippen molar-refractivity contribution in [3.05, 3.63) is 12.2 Å². The van der Waals surface area contributed by atoms with E-state index in [0.717, 1.165) is 12.8 Å². The van der Waals surface area contributed by atoms with E-state index in [0.29, 0.717) is 12.2 Å². The minimum absolute atomic E-state index is 0.0134. The Morgan fingerprint density at radius 2 is 1.78 bits per heavy atom. The van der Waals surface area contributed by atoms with E-state index in [4.69, 9.17) is 9.47 Å². The van der Waals surface area contributed by atoms with E-state index >= 15 is 0 Å². The van der Waals surface area contributed by atoms with Gasteiger partial charge in [0.25, 0.3) is 0 Å². The van der Waals surface area contributed by atoms with Gasteiger partial charge >= 0.3 is 5.97 Å². The van der Waals surface area contributed by atoms with Crippen molar-refractivity contribution in [2.45, 2.75) is 64.9 Å². The molecular formula is C15H28O3. The normalized spacial score (nSPS) is 12.2. The topological polar surface area (TPSA) is 35.5 Å². The van der Waals surface area contributed by atoms with Gasteiger partial charge in [-0.3, -0.25) is 0 Å². The van der Waals surface area contributed by atoms with Gasteiger partial charge in [-0.2, -0.15) is 0 Å². The molecule has 0 aromatic heterocycles. The van der Waals surface area contributed by atoms with Crippen molar-refractivity contribution in [3.63, 3.8) is 0 Å². The van der Waals surface area contributed by atoms with Gasteiger partial charge < -0.3 is 9.47 Å². The zero-order chi connectivity index (χ0) is 13.8. The van der Waals surface area contributed by atoms with E-state index in [1.807, 2.05) is 0 Å². The number of methoxy groups -OCH3 is 1. The van der Waals surface area contributed by atoms with Gasteiger partial charge in [0.1, 0.15) is 6.61 Å². The lowest BCUT2D eigenvalue weighted by Crippen LogP contribution is -2.21. The van der Waals surface area contributed by atoms with Crippen LogP contribution in [0.25, 0.3) is 0 Å². The van der Waals surface area contributed by atoms with Crippen LogP contribution in [0, 0.1) is 0 Å². The Bertz CT molecular complexity index is 236. The highest BCUT2D eigenvalue weighted by Crippen LogP contribution is 2.10. The number of carbonyl (C=O) groups excluding carboxylic acids is 1. The minimum atomic E-state index is -0.333. The van der Waals surface area contributed by atoms with Crippen molar-refractivity contribution in [3.8, 4) is 0 Å². The third-order valence-electron chi connectivity index (χ3n) is 2.96. The summed E-state index contributed by atoms with van der Waals surface area (Å²) in [5.41, 5.74) is 0.435. The summed E-state index contributed by atoms with van der Waals surface area (Å²) in [7, 11) is 1.66. The second-order valence-corrected chi connectivity index (χ2v) is 4.79. The molecule has 0 amide bonds. The number of hydrogen-bond donors (Lipinski definition) is 0. The molecule has 0 aliphatic heterocycles. The Hall–Kier alpha value is -0.830. The standard InChI is InChI=1S/C15H28O3/c1-5-6-7-8-9-10-11-14(17-4)12-18-15(16)13(2)3/h14H,2,5-12H2,1,3-4H3. The summed E-state index contributed by atoms with van der Waals surface area (Å²) in [5, 5.41) is 0. The Balaban J connectivity index is 3.58. The first-order valence-corrected chi connectivity index (χ1v) is 6.97. The molecule has 0 aromatic carbocycles. The van der Waals surface area contributed by atoms with Crippen molar-refractivity contribution in [1.82, 2.24) is 0 Å². The lowest BCUT2D eigenvalue weighted by atomic mass is 10.1. The Labute approximate surface area is 112 Å². The van der Waals surface area contributed by atoms with E-state index in [2.05, 4.69) is 13.5 Å². The zero-order valence-corrected chi connectivity index (χ0v) is 12.2. The highest BCUT2D eigenvalue weighted by atomic mass is 16.6. The van der Waals surface area contributed by atoms with Gasteiger partial charge in [-0.05, 0) is 13.3 Å². The summed E-state index contributed by atoms with van der Waals surface area (Å²) >= 11 is 0. The number of hydrogen-bond acceptors (Lipinski definition) is 3. The van der Waals surface area contributed by atoms with E-state index in [9.17, 15) is 4.79 Å². The third-order valence-corrected chi connectivity index (χ3v) is 2.96. The molecule has 0 saturated heterocycles. The van der Waals surface area contributed by atoms with Crippen molar-refractivity contribution in [2.24, 2.45) is 0 Å². The van der Waals surface area contributed by atoms with Crippen molar-refractivity contribution in [1.29, 1.82) is 0 Å². The zero-order valence-electron chi connectivity index (χ0n) is 12.2. The van der Waals surface area contributed by atoms with E-state index in [1.165, 1.54) is 32.1 Å². The molecule has 0 rings (SSSR count). The van der Waals surface area contributed by atoms with Crippen LogP contribution in [0.1, 0.15) is 58.8 Å². The second kappa shape index (κ2) is 11.3. The molecule has 0 saturated carbocycles. The second-order valence-electron chi connectivity index (χ2n) is 4.79. The molecule has 0 aromatic rings. The molecule has 1 atom stereocenters. The maximum atomic E-state index is 11.2. The molecule has 0 aliphatic rings. The molecule has 1 unspecified atom stereocenters. The average Bonchev–Trinajstić information content (AvgIpc) is 2.36. The van der Waals surface area contributed by atoms with Crippen LogP contribution in [-0.2, 0) is 14.3 Å². The fourth-order valence-electron chi connectivity index (χ4n) is 1.71. The quantitative estimate of drug-likeness (QED) is 0.320. The Kier molecular flexibility index (Phi) is 10.8. The fourth-order valence-corrected chi connectivity index (χ4v) is 1.71. The summed E-state index contributed by atoms with van der Waals surface area (Å²) in [5.74, 6) is -0.333. The van der Waals surface area contributed by atoms with Crippen LogP contribution in [0.15, 0.2) is 12.2 Å². The Morgan fingerprint density at radius 3 is 2.33 bits per heavy atom. The number of rotatable bonds is 11. The van der Waals surface area contributed by atoms with Gasteiger partial charge in [0, 0.05) is 12.7 Å². The smallest absolute Gasteiger partial charge is 0.333 e. The summed E-state index contributed by atoms with van der Waals surface area (Å²) in [6.45, 7) is 7.75. The van der Waals surface area contributed by atoms with Gasteiger partial charge in [-0.1, -0.05) is 52.0 Å². The summed E-state index contributed by atoms with van der Waals surface area (Å²) in [4.78, 5) is 11.2. The van der Waals surface area contributed by atoms with Crippen molar-refractivity contribution >= 4 is 5.97 Å². The number of esters is 1. The lowest BCUT2D eigenvalue weighted by molar-refractivity contribution is -0.142. The van der Waals surface area contributed by atoms with Crippen LogP contribution < -0.4 is 0 Å². The van der Waals surface area contributed by atoms with Crippen LogP contribution in [0.4, 0.5) is 0 Å². The largest absolute Gasteiger partial charge is 0.460 e. The monoisotopic (exact) mass is 256 g/mol. The first kappa shape index (κ1) is 17.2. The highest BCUT2D eigenvalue weighted by molar-refractivity contribution is 5.86. The molecule has 0 N–H and O–H groups in total. The van der Waals surface area contributed by atoms with E-state index < -0.39 is 0 Å². The van der Waals surface area contributed by atoms with Crippen LogP contribution in [0.3, 0.4) is 0 Å². The van der Waals surface area contributed by atoms with Gasteiger partial charge in [0.2, 0.25) is 0 Å². The maximum absolute atomic E-state index is 11.2. The molecule has 18 heavy (non-hydrogen) atoms. The third kappa shape index (κ3) is 9.23. The first-order valence-electron chi connectivity index (χ1n) is 6.97. The van der Waals surface area contributed by atoms with E-state index in [-0.39, 0.29) is 12.1 Å². The predicted molar refractivity (Wildman–Crippen MR) is 74.6 cm³/mol. The summed E-state index contributed by atoms with van der Waals surface area (Å²) in [6, 6.07) is 0. The molecular weight excluding hydrogens is 228 g/mol. The minimum Gasteiger partial charge on any atom is -0.460 e. The van der Waals surface area contributed by atoms with Gasteiger partial charge in [-0.25, -0.2) is 4.79 Å². The van der Waals surface area contributed by atoms with Crippen molar-refractivity contribution < 1.29 is 14.3 Å². The number of unbranched alkanes of at least 4 members (excludes halogenated alkanes) is 5.